The number of hydrogen-bond donors (Lipinski definition) is 3. The minimum atomic E-state index is -1.12. The maximum atomic E-state index is 12.9. The molecule has 7 heteroatoms. The van der Waals surface area contributed by atoms with Crippen molar-refractivity contribution in [1.82, 2.24) is 0 Å². The first-order valence-corrected chi connectivity index (χ1v) is 8.98. The molecule has 1 aliphatic carbocycles. The third-order valence-electron chi connectivity index (χ3n) is 5.47. The molecule has 0 spiro atoms. The van der Waals surface area contributed by atoms with Gasteiger partial charge in [-0.2, -0.15) is 0 Å². The van der Waals surface area contributed by atoms with Crippen molar-refractivity contribution in [2.24, 2.45) is 5.41 Å². The molecule has 0 amide bonds. The SMILES string of the molecule is CCC(CC)(CO)C(=O)Oc1cc(O)c2c(c1N)C(=O)c1ccccc1C2=O. The molecule has 0 unspecified atom stereocenters. The molecule has 0 atom stereocenters. The largest absolute Gasteiger partial charge is 0.507 e. The average Bonchev–Trinajstić information content (AvgIpc) is 2.70. The number of nitrogens with two attached hydrogens (primary N) is 1. The lowest BCUT2D eigenvalue weighted by Crippen LogP contribution is -2.37. The number of anilines is 1. The molecule has 0 aliphatic heterocycles. The Labute approximate surface area is 161 Å². The van der Waals surface area contributed by atoms with Gasteiger partial charge in [0.2, 0.25) is 0 Å². The minimum absolute atomic E-state index is 0.168. The van der Waals surface area contributed by atoms with Crippen LogP contribution in [0.3, 0.4) is 0 Å². The number of nitrogen functional groups attached to an aromatic ring is 1. The molecule has 28 heavy (non-hydrogen) atoms. The van der Waals surface area contributed by atoms with Crippen LogP contribution in [0.4, 0.5) is 5.69 Å². The van der Waals surface area contributed by atoms with E-state index < -0.39 is 35.3 Å². The normalized spacial score (nSPS) is 13.1. The molecule has 2 aromatic carbocycles. The number of ketones is 2. The van der Waals surface area contributed by atoms with Crippen LogP contribution in [-0.4, -0.2) is 34.4 Å². The first kappa shape index (κ1) is 19.6. The quantitative estimate of drug-likeness (QED) is 0.267. The second-order valence-electron chi connectivity index (χ2n) is 6.80. The molecule has 0 bridgehead atoms. The molecule has 146 valence electrons. The highest BCUT2D eigenvalue weighted by Crippen LogP contribution is 2.42. The second-order valence-corrected chi connectivity index (χ2v) is 6.80. The molecule has 7 nitrogen and oxygen atoms in total. The van der Waals surface area contributed by atoms with Crippen LogP contribution in [0.5, 0.6) is 11.5 Å². The van der Waals surface area contributed by atoms with Gasteiger partial charge in [-0.25, -0.2) is 0 Å². The Balaban J connectivity index is 2.12. The lowest BCUT2D eigenvalue weighted by Gasteiger charge is -2.27. The highest BCUT2D eigenvalue weighted by molar-refractivity contribution is 6.31. The third-order valence-corrected chi connectivity index (χ3v) is 5.47. The van der Waals surface area contributed by atoms with Crippen molar-refractivity contribution >= 4 is 23.2 Å². The van der Waals surface area contributed by atoms with E-state index in [2.05, 4.69) is 0 Å². The molecule has 1 aliphatic rings. The predicted molar refractivity (Wildman–Crippen MR) is 102 cm³/mol. The lowest BCUT2D eigenvalue weighted by atomic mass is 9.82. The third kappa shape index (κ3) is 2.75. The lowest BCUT2D eigenvalue weighted by molar-refractivity contribution is -0.149. The van der Waals surface area contributed by atoms with E-state index in [0.29, 0.717) is 12.8 Å². The Morgan fingerprint density at radius 1 is 1.07 bits per heavy atom. The van der Waals surface area contributed by atoms with Gasteiger partial charge < -0.3 is 20.7 Å². The Kier molecular flexibility index (Phi) is 4.95. The van der Waals surface area contributed by atoms with Crippen LogP contribution >= 0.6 is 0 Å². The van der Waals surface area contributed by atoms with Crippen LogP contribution in [-0.2, 0) is 4.79 Å². The van der Waals surface area contributed by atoms with Crippen molar-refractivity contribution < 1.29 is 29.3 Å². The Hall–Kier alpha value is -3.19. The van der Waals surface area contributed by atoms with E-state index in [1.807, 2.05) is 0 Å². The Morgan fingerprint density at radius 2 is 1.61 bits per heavy atom. The second kappa shape index (κ2) is 7.09. The summed E-state index contributed by atoms with van der Waals surface area (Å²) in [5, 5.41) is 20.0. The van der Waals surface area contributed by atoms with Crippen LogP contribution in [0.15, 0.2) is 30.3 Å². The maximum Gasteiger partial charge on any atom is 0.319 e. The summed E-state index contributed by atoms with van der Waals surface area (Å²) in [5.74, 6) is -2.50. The van der Waals surface area contributed by atoms with Crippen LogP contribution in [0.25, 0.3) is 0 Å². The first-order chi connectivity index (χ1) is 13.3. The van der Waals surface area contributed by atoms with E-state index in [1.165, 1.54) is 12.1 Å². The average molecular weight is 383 g/mol. The van der Waals surface area contributed by atoms with E-state index >= 15 is 0 Å². The molecule has 4 N–H and O–H groups in total. The van der Waals surface area contributed by atoms with Gasteiger partial charge in [-0.1, -0.05) is 38.1 Å². The zero-order valence-corrected chi connectivity index (χ0v) is 15.6. The molecule has 0 aromatic heterocycles. The van der Waals surface area contributed by atoms with Gasteiger partial charge in [0.15, 0.2) is 17.3 Å². The topological polar surface area (TPSA) is 127 Å². The van der Waals surface area contributed by atoms with Gasteiger partial charge in [0.25, 0.3) is 0 Å². The number of esters is 1. The molecule has 0 saturated carbocycles. The number of benzene rings is 2. The number of hydrogen-bond acceptors (Lipinski definition) is 7. The number of fused-ring (bicyclic) bond motifs is 2. The van der Waals surface area contributed by atoms with Gasteiger partial charge in [0, 0.05) is 17.2 Å². The van der Waals surface area contributed by atoms with Crippen LogP contribution in [0.2, 0.25) is 0 Å². The van der Waals surface area contributed by atoms with E-state index in [1.54, 1.807) is 26.0 Å². The van der Waals surface area contributed by atoms with Gasteiger partial charge >= 0.3 is 5.97 Å². The summed E-state index contributed by atoms with van der Waals surface area (Å²) < 4.78 is 5.35. The summed E-state index contributed by atoms with van der Waals surface area (Å²) in [5.41, 5.74) is 4.70. The van der Waals surface area contributed by atoms with Crippen molar-refractivity contribution in [2.75, 3.05) is 12.3 Å². The van der Waals surface area contributed by atoms with Gasteiger partial charge in [0.1, 0.15) is 5.75 Å². The molecule has 2 aromatic rings. The number of aliphatic hydroxyl groups excluding tert-OH is 1. The van der Waals surface area contributed by atoms with Gasteiger partial charge in [-0.3, -0.25) is 14.4 Å². The number of carbonyl (C=O) groups is 3. The summed E-state index contributed by atoms with van der Waals surface area (Å²) in [7, 11) is 0. The fraction of sp³-hybridized carbons (Fsp3) is 0.286. The zero-order chi connectivity index (χ0) is 20.6. The number of phenols is 1. The number of rotatable bonds is 5. The molecular weight excluding hydrogens is 362 g/mol. The van der Waals surface area contributed by atoms with E-state index in [9.17, 15) is 24.6 Å². The number of aromatic hydroxyl groups is 1. The van der Waals surface area contributed by atoms with E-state index in [-0.39, 0.29) is 33.7 Å². The number of aliphatic hydroxyl groups is 1. The molecule has 0 saturated heterocycles. The van der Waals surface area contributed by atoms with E-state index in [0.717, 1.165) is 6.07 Å². The van der Waals surface area contributed by atoms with Crippen molar-refractivity contribution in [1.29, 1.82) is 0 Å². The molecule has 0 fully saturated rings. The fourth-order valence-corrected chi connectivity index (χ4v) is 3.39. The van der Waals surface area contributed by atoms with Crippen LogP contribution < -0.4 is 10.5 Å². The predicted octanol–water partition coefficient (Wildman–Crippen LogP) is 2.45. The van der Waals surface area contributed by atoms with Crippen molar-refractivity contribution in [3.63, 3.8) is 0 Å². The van der Waals surface area contributed by atoms with Gasteiger partial charge in [-0.15, -0.1) is 0 Å². The van der Waals surface area contributed by atoms with Crippen LogP contribution in [0, 0.1) is 5.41 Å². The summed E-state index contributed by atoms with van der Waals surface area (Å²) in [6.45, 7) is 3.07. The number of ether oxygens (including phenoxy) is 1. The highest BCUT2D eigenvalue weighted by Gasteiger charge is 2.39. The number of carbonyl (C=O) groups excluding carboxylic acids is 3. The monoisotopic (exact) mass is 383 g/mol. The Bertz CT molecular complexity index is 982. The highest BCUT2D eigenvalue weighted by atomic mass is 16.5. The smallest absolute Gasteiger partial charge is 0.319 e. The van der Waals surface area contributed by atoms with E-state index in [4.69, 9.17) is 10.5 Å². The summed E-state index contributed by atoms with van der Waals surface area (Å²) in [6, 6.07) is 7.29. The maximum absolute atomic E-state index is 12.9. The number of phenolic OH excluding ortho intramolecular Hbond substituents is 1. The molecule has 0 radical (unpaired) electrons. The molecule has 0 heterocycles. The molecular formula is C21H21NO6. The van der Waals surface area contributed by atoms with Gasteiger partial charge in [-0.05, 0) is 12.8 Å². The summed E-state index contributed by atoms with van der Waals surface area (Å²) in [6.07, 6.45) is 0.668. The van der Waals surface area contributed by atoms with Crippen molar-refractivity contribution in [2.45, 2.75) is 26.7 Å². The standard InChI is InChI=1S/C21H21NO6/c1-3-21(4-2,10-23)20(27)28-14-9-13(24)15-16(17(14)22)19(26)12-8-6-5-7-11(12)18(15)25/h5-9,23-24H,3-4,10,22H2,1-2H3. The van der Waals surface area contributed by atoms with Crippen LogP contribution in [0.1, 0.15) is 58.5 Å². The Morgan fingerprint density at radius 3 is 2.11 bits per heavy atom. The summed E-state index contributed by atoms with van der Waals surface area (Å²) >= 11 is 0. The van der Waals surface area contributed by atoms with Crippen molar-refractivity contribution in [3.05, 3.63) is 52.6 Å². The summed E-state index contributed by atoms with van der Waals surface area (Å²) in [4.78, 5) is 38.3. The zero-order valence-electron chi connectivity index (χ0n) is 15.6. The fourth-order valence-electron chi connectivity index (χ4n) is 3.39. The van der Waals surface area contributed by atoms with Crippen molar-refractivity contribution in [3.8, 4) is 11.5 Å². The molecule has 3 rings (SSSR count). The van der Waals surface area contributed by atoms with Gasteiger partial charge in [0.05, 0.1) is 28.8 Å². The minimum Gasteiger partial charge on any atom is -0.507 e. The first-order valence-electron chi connectivity index (χ1n) is 8.98.